The van der Waals surface area contributed by atoms with Crippen LogP contribution in [0.1, 0.15) is 35.8 Å². The average Bonchev–Trinajstić information content (AvgIpc) is 3.31. The molecule has 0 aliphatic carbocycles. The Bertz CT molecular complexity index is 981. The Kier molecular flexibility index (Phi) is 5.10. The number of nitrogens with one attached hydrogen (secondary N) is 2. The van der Waals surface area contributed by atoms with Gasteiger partial charge in [0, 0.05) is 44.1 Å². The number of rotatable bonds is 5. The van der Waals surface area contributed by atoms with Crippen LogP contribution in [0.3, 0.4) is 0 Å². The first-order valence-corrected chi connectivity index (χ1v) is 9.78. The van der Waals surface area contributed by atoms with Crippen molar-refractivity contribution in [2.24, 2.45) is 7.05 Å². The lowest BCUT2D eigenvalue weighted by atomic mass is 9.98. The number of hydrogen-bond donors (Lipinski definition) is 3. The molecule has 2 aliphatic heterocycles. The Labute approximate surface area is 168 Å². The smallest absolute Gasteiger partial charge is 0.313 e. The van der Waals surface area contributed by atoms with E-state index in [1.54, 1.807) is 0 Å². The van der Waals surface area contributed by atoms with E-state index in [2.05, 4.69) is 10.6 Å². The van der Waals surface area contributed by atoms with Crippen LogP contribution in [0.15, 0.2) is 30.5 Å². The monoisotopic (exact) mass is 396 g/mol. The Balaban J connectivity index is 1.33. The lowest BCUT2D eigenvalue weighted by Gasteiger charge is -2.25. The Morgan fingerprint density at radius 3 is 2.66 bits per heavy atom. The maximum Gasteiger partial charge on any atom is 0.313 e. The minimum absolute atomic E-state index is 0.143. The van der Waals surface area contributed by atoms with E-state index in [1.165, 1.54) is 0 Å². The molecule has 3 amide bonds. The molecule has 1 aromatic heterocycles. The molecule has 2 aliphatic rings. The predicted molar refractivity (Wildman–Crippen MR) is 107 cm³/mol. The minimum atomic E-state index is -0.743. The zero-order chi connectivity index (χ0) is 20.5. The lowest BCUT2D eigenvalue weighted by molar-refractivity contribution is -0.136. The van der Waals surface area contributed by atoms with Crippen LogP contribution in [0.25, 0.3) is 0 Å². The van der Waals surface area contributed by atoms with Gasteiger partial charge in [-0.05, 0) is 54.7 Å². The van der Waals surface area contributed by atoms with Gasteiger partial charge >= 0.3 is 11.8 Å². The average molecular weight is 396 g/mol. The van der Waals surface area contributed by atoms with Crippen molar-refractivity contribution >= 4 is 29.1 Å². The van der Waals surface area contributed by atoms with Crippen molar-refractivity contribution in [2.75, 3.05) is 23.3 Å². The van der Waals surface area contributed by atoms with Crippen molar-refractivity contribution in [3.63, 3.8) is 0 Å². The van der Waals surface area contributed by atoms with Crippen molar-refractivity contribution in [3.05, 3.63) is 47.3 Å². The Morgan fingerprint density at radius 2 is 1.93 bits per heavy atom. The fourth-order valence-corrected chi connectivity index (χ4v) is 4.09. The maximum atomic E-state index is 12.2. The standard InChI is InChI=1S/C21H24N4O4/c1-24-9-2-3-16(24)17(26)6-8-22-20(28)21(29)23-15-11-13-4-5-18(27)25-10-7-14(12-15)19(13)25/h2-3,9,11-12,17,26H,4-8,10H2,1H3,(H,22,28)(H,23,29). The van der Waals surface area contributed by atoms with Crippen LogP contribution in [0.2, 0.25) is 0 Å². The molecule has 3 N–H and O–H groups in total. The third-order valence-electron chi connectivity index (χ3n) is 5.54. The topological polar surface area (TPSA) is 104 Å². The molecule has 8 heteroatoms. The van der Waals surface area contributed by atoms with E-state index in [9.17, 15) is 19.5 Å². The van der Waals surface area contributed by atoms with Gasteiger partial charge in [-0.25, -0.2) is 0 Å². The van der Waals surface area contributed by atoms with Gasteiger partial charge in [0.05, 0.1) is 11.8 Å². The largest absolute Gasteiger partial charge is 0.387 e. The molecule has 0 saturated heterocycles. The zero-order valence-corrected chi connectivity index (χ0v) is 16.3. The van der Waals surface area contributed by atoms with Crippen molar-refractivity contribution in [2.45, 2.75) is 31.8 Å². The molecular weight excluding hydrogens is 372 g/mol. The summed E-state index contributed by atoms with van der Waals surface area (Å²) in [6, 6.07) is 7.33. The highest BCUT2D eigenvalue weighted by atomic mass is 16.3. The van der Waals surface area contributed by atoms with Crippen molar-refractivity contribution in [1.82, 2.24) is 9.88 Å². The van der Waals surface area contributed by atoms with Gasteiger partial charge < -0.3 is 25.2 Å². The lowest BCUT2D eigenvalue weighted by Crippen LogP contribution is -2.36. The first kappa shape index (κ1) is 19.2. The fourth-order valence-electron chi connectivity index (χ4n) is 4.09. The Hall–Kier alpha value is -3.13. The number of aromatic nitrogens is 1. The van der Waals surface area contributed by atoms with E-state index in [4.69, 9.17) is 0 Å². The molecule has 0 saturated carbocycles. The molecule has 0 spiro atoms. The molecule has 8 nitrogen and oxygen atoms in total. The molecule has 4 rings (SSSR count). The second-order valence-corrected chi connectivity index (χ2v) is 7.50. The van der Waals surface area contributed by atoms with E-state index >= 15 is 0 Å². The molecule has 1 atom stereocenters. The fraction of sp³-hybridized carbons (Fsp3) is 0.381. The van der Waals surface area contributed by atoms with Gasteiger partial charge in [-0.2, -0.15) is 0 Å². The van der Waals surface area contributed by atoms with Crippen LogP contribution < -0.4 is 15.5 Å². The number of carbonyl (C=O) groups is 3. The summed E-state index contributed by atoms with van der Waals surface area (Å²) in [5, 5.41) is 15.4. The summed E-state index contributed by atoms with van der Waals surface area (Å²) in [6.45, 7) is 0.855. The minimum Gasteiger partial charge on any atom is -0.387 e. The van der Waals surface area contributed by atoms with Gasteiger partial charge in [-0.3, -0.25) is 14.4 Å². The molecule has 1 unspecified atom stereocenters. The van der Waals surface area contributed by atoms with Gasteiger partial charge in [-0.1, -0.05) is 0 Å². The van der Waals surface area contributed by atoms with Crippen LogP contribution in [-0.2, 0) is 34.3 Å². The number of nitrogens with zero attached hydrogens (tertiary/aromatic N) is 2. The maximum absolute atomic E-state index is 12.2. The summed E-state index contributed by atoms with van der Waals surface area (Å²) >= 11 is 0. The van der Waals surface area contributed by atoms with Crippen LogP contribution in [0.4, 0.5) is 11.4 Å². The van der Waals surface area contributed by atoms with Gasteiger partial charge in [0.25, 0.3) is 0 Å². The third-order valence-corrected chi connectivity index (χ3v) is 5.54. The normalized spacial score (nSPS) is 15.8. The molecule has 0 bridgehead atoms. The second kappa shape index (κ2) is 7.71. The summed E-state index contributed by atoms with van der Waals surface area (Å²) in [5.41, 5.74) is 4.35. The first-order chi connectivity index (χ1) is 13.9. The van der Waals surface area contributed by atoms with Gasteiger partial charge in [0.2, 0.25) is 5.91 Å². The highest BCUT2D eigenvalue weighted by molar-refractivity contribution is 6.39. The summed E-state index contributed by atoms with van der Waals surface area (Å²) < 4.78 is 1.81. The number of benzene rings is 1. The van der Waals surface area contributed by atoms with E-state index in [1.807, 2.05) is 47.0 Å². The molecule has 1 aromatic carbocycles. The number of anilines is 2. The van der Waals surface area contributed by atoms with Gasteiger partial charge in [0.15, 0.2) is 0 Å². The van der Waals surface area contributed by atoms with Crippen molar-refractivity contribution < 1.29 is 19.5 Å². The SMILES string of the molecule is Cn1cccc1C(O)CCNC(=O)C(=O)Nc1cc2c3c(c1)CCN3C(=O)CC2. The van der Waals surface area contributed by atoms with Crippen LogP contribution in [0, 0.1) is 0 Å². The van der Waals surface area contributed by atoms with E-state index in [0.717, 1.165) is 28.9 Å². The van der Waals surface area contributed by atoms with E-state index < -0.39 is 17.9 Å². The number of amides is 3. The molecule has 3 heterocycles. The van der Waals surface area contributed by atoms with Gasteiger partial charge in [0.1, 0.15) is 0 Å². The molecule has 0 radical (unpaired) electrons. The number of aliphatic hydroxyl groups is 1. The number of aliphatic hydroxyl groups excluding tert-OH is 1. The summed E-state index contributed by atoms with van der Waals surface area (Å²) in [4.78, 5) is 38.2. The summed E-state index contributed by atoms with van der Waals surface area (Å²) in [5.74, 6) is -1.34. The van der Waals surface area contributed by atoms with Gasteiger partial charge in [-0.15, -0.1) is 0 Å². The van der Waals surface area contributed by atoms with E-state index in [0.29, 0.717) is 31.5 Å². The van der Waals surface area contributed by atoms with Crippen LogP contribution in [-0.4, -0.2) is 40.5 Å². The quantitative estimate of drug-likeness (QED) is 0.657. The summed E-state index contributed by atoms with van der Waals surface area (Å²) in [7, 11) is 1.84. The number of hydrogen-bond acceptors (Lipinski definition) is 4. The zero-order valence-electron chi connectivity index (χ0n) is 16.3. The molecule has 0 fully saturated rings. The van der Waals surface area contributed by atoms with Crippen molar-refractivity contribution in [3.8, 4) is 0 Å². The van der Waals surface area contributed by atoms with E-state index in [-0.39, 0.29) is 12.5 Å². The highest BCUT2D eigenvalue weighted by Crippen LogP contribution is 2.38. The molecular formula is C21H24N4O4. The molecule has 152 valence electrons. The highest BCUT2D eigenvalue weighted by Gasteiger charge is 2.31. The van der Waals surface area contributed by atoms with Crippen molar-refractivity contribution in [1.29, 1.82) is 0 Å². The summed E-state index contributed by atoms with van der Waals surface area (Å²) in [6.07, 6.45) is 3.29. The molecule has 2 aromatic rings. The van der Waals surface area contributed by atoms with Crippen LogP contribution in [0.5, 0.6) is 0 Å². The first-order valence-electron chi connectivity index (χ1n) is 9.78. The third kappa shape index (κ3) is 3.75. The van der Waals surface area contributed by atoms with Crippen LogP contribution >= 0.6 is 0 Å². The molecule has 29 heavy (non-hydrogen) atoms. The predicted octanol–water partition coefficient (Wildman–Crippen LogP) is 1.04. The Morgan fingerprint density at radius 1 is 1.17 bits per heavy atom. The number of carbonyl (C=O) groups excluding carboxylic acids is 3. The number of aryl methyl sites for hydroxylation is 2. The second-order valence-electron chi connectivity index (χ2n) is 7.50.